The average Bonchev–Trinajstić information content (AvgIpc) is 2.29. The summed E-state index contributed by atoms with van der Waals surface area (Å²) in [6, 6.07) is 4.33. The smallest absolute Gasteiger partial charge is 0.423 e. The van der Waals surface area contributed by atoms with Gasteiger partial charge in [0.2, 0.25) is 0 Å². The maximum Gasteiger partial charge on any atom is 0.488 e. The number of benzene rings is 1. The Kier molecular flexibility index (Phi) is 3.58. The van der Waals surface area contributed by atoms with E-state index in [0.29, 0.717) is 5.92 Å². The van der Waals surface area contributed by atoms with Gasteiger partial charge >= 0.3 is 7.12 Å². The molecule has 86 valence electrons. The minimum absolute atomic E-state index is 0.230. The van der Waals surface area contributed by atoms with E-state index < -0.39 is 12.9 Å². The fraction of sp³-hybridized carbons (Fsp3) is 0.455. The summed E-state index contributed by atoms with van der Waals surface area (Å²) in [7, 11) is -1.60. The standard InChI is InChI=1S/C11H15BFNO2/c13-11-6-9(5-10(7-11)12(15)16)8-1-3-14-4-2-8/h5-8,14-16H,1-4H2. The SMILES string of the molecule is OB(O)c1cc(F)cc(C2CCNCC2)c1. The van der Waals surface area contributed by atoms with Gasteiger partial charge in [0.15, 0.2) is 0 Å². The number of piperidine rings is 1. The Morgan fingerprint density at radius 2 is 1.88 bits per heavy atom. The van der Waals surface area contributed by atoms with Gasteiger partial charge in [-0.3, -0.25) is 0 Å². The largest absolute Gasteiger partial charge is 0.488 e. The van der Waals surface area contributed by atoms with Crippen LogP contribution < -0.4 is 10.8 Å². The predicted molar refractivity (Wildman–Crippen MR) is 61.1 cm³/mol. The van der Waals surface area contributed by atoms with Gasteiger partial charge in [0.25, 0.3) is 0 Å². The molecule has 0 aromatic heterocycles. The van der Waals surface area contributed by atoms with Crippen LogP contribution in [0.1, 0.15) is 24.3 Å². The molecule has 1 saturated heterocycles. The summed E-state index contributed by atoms with van der Waals surface area (Å²) in [6.07, 6.45) is 1.93. The van der Waals surface area contributed by atoms with Crippen LogP contribution in [0.25, 0.3) is 0 Å². The first kappa shape index (κ1) is 11.6. The van der Waals surface area contributed by atoms with Gasteiger partial charge in [-0.25, -0.2) is 4.39 Å². The van der Waals surface area contributed by atoms with Crippen molar-refractivity contribution in [1.82, 2.24) is 5.32 Å². The van der Waals surface area contributed by atoms with Crippen molar-refractivity contribution < 1.29 is 14.4 Å². The Balaban J connectivity index is 2.25. The summed E-state index contributed by atoms with van der Waals surface area (Å²) in [5, 5.41) is 21.3. The third-order valence-corrected chi connectivity index (χ3v) is 3.05. The van der Waals surface area contributed by atoms with E-state index in [2.05, 4.69) is 5.32 Å². The maximum absolute atomic E-state index is 13.3. The molecule has 1 fully saturated rings. The molecule has 0 aliphatic carbocycles. The Labute approximate surface area is 94.4 Å². The second-order valence-electron chi connectivity index (χ2n) is 4.22. The summed E-state index contributed by atoms with van der Waals surface area (Å²) >= 11 is 0. The highest BCUT2D eigenvalue weighted by atomic mass is 19.1. The number of nitrogens with one attached hydrogen (secondary N) is 1. The van der Waals surface area contributed by atoms with Crippen LogP contribution in [0.3, 0.4) is 0 Å². The first-order chi connectivity index (χ1) is 7.66. The van der Waals surface area contributed by atoms with E-state index >= 15 is 0 Å². The first-order valence-corrected chi connectivity index (χ1v) is 5.54. The normalized spacial score (nSPS) is 17.4. The lowest BCUT2D eigenvalue weighted by molar-refractivity contribution is 0.425. The molecule has 0 spiro atoms. The maximum atomic E-state index is 13.3. The van der Waals surface area contributed by atoms with Gasteiger partial charge in [-0.2, -0.15) is 0 Å². The third-order valence-electron chi connectivity index (χ3n) is 3.05. The minimum atomic E-state index is -1.60. The monoisotopic (exact) mass is 223 g/mol. The summed E-state index contributed by atoms with van der Waals surface area (Å²) in [5.74, 6) is -0.0893. The molecule has 0 unspecified atom stereocenters. The van der Waals surface area contributed by atoms with Gasteiger partial charge in [-0.1, -0.05) is 6.07 Å². The highest BCUT2D eigenvalue weighted by molar-refractivity contribution is 6.58. The van der Waals surface area contributed by atoms with Crippen molar-refractivity contribution in [2.24, 2.45) is 0 Å². The molecule has 1 aliphatic heterocycles. The zero-order valence-electron chi connectivity index (χ0n) is 8.99. The topological polar surface area (TPSA) is 52.5 Å². The van der Waals surface area contributed by atoms with Gasteiger partial charge in [-0.15, -0.1) is 0 Å². The molecular formula is C11H15BFNO2. The predicted octanol–water partition coefficient (Wildman–Crippen LogP) is -0.0275. The van der Waals surface area contributed by atoms with E-state index in [9.17, 15) is 4.39 Å². The van der Waals surface area contributed by atoms with Crippen LogP contribution in [0.15, 0.2) is 18.2 Å². The van der Waals surface area contributed by atoms with Crippen LogP contribution in [0.5, 0.6) is 0 Å². The molecule has 16 heavy (non-hydrogen) atoms. The Morgan fingerprint density at radius 1 is 1.19 bits per heavy atom. The van der Waals surface area contributed by atoms with Crippen LogP contribution >= 0.6 is 0 Å². The number of hydrogen-bond donors (Lipinski definition) is 3. The lowest BCUT2D eigenvalue weighted by Crippen LogP contribution is -2.32. The molecule has 1 aromatic rings. The zero-order valence-corrected chi connectivity index (χ0v) is 8.99. The second kappa shape index (κ2) is 4.95. The number of rotatable bonds is 2. The molecule has 1 aliphatic rings. The van der Waals surface area contributed by atoms with Crippen molar-refractivity contribution >= 4 is 12.6 Å². The van der Waals surface area contributed by atoms with Crippen LogP contribution in [0, 0.1) is 5.82 Å². The highest BCUT2D eigenvalue weighted by Crippen LogP contribution is 2.24. The Hall–Kier alpha value is -0.905. The summed E-state index contributed by atoms with van der Waals surface area (Å²) in [4.78, 5) is 0. The van der Waals surface area contributed by atoms with Crippen molar-refractivity contribution in [3.63, 3.8) is 0 Å². The molecule has 0 radical (unpaired) electrons. The molecule has 1 aromatic carbocycles. The molecule has 3 nitrogen and oxygen atoms in total. The van der Waals surface area contributed by atoms with Gasteiger partial charge in [-0.05, 0) is 55.0 Å². The molecule has 3 N–H and O–H groups in total. The number of halogens is 1. The molecule has 0 saturated carbocycles. The molecule has 2 rings (SSSR count). The third kappa shape index (κ3) is 2.61. The summed E-state index contributed by atoms with van der Waals surface area (Å²) < 4.78 is 13.3. The van der Waals surface area contributed by atoms with Crippen LogP contribution in [0.4, 0.5) is 4.39 Å². The van der Waals surface area contributed by atoms with Crippen LogP contribution in [-0.4, -0.2) is 30.3 Å². The molecule has 0 bridgehead atoms. The summed E-state index contributed by atoms with van der Waals surface area (Å²) in [5.41, 5.74) is 1.10. The van der Waals surface area contributed by atoms with E-state index in [-0.39, 0.29) is 5.46 Å². The van der Waals surface area contributed by atoms with Crippen molar-refractivity contribution in [3.05, 3.63) is 29.6 Å². The number of hydrogen-bond acceptors (Lipinski definition) is 3. The quantitative estimate of drug-likeness (QED) is 0.617. The van der Waals surface area contributed by atoms with E-state index in [1.807, 2.05) is 0 Å². The molecule has 1 heterocycles. The lowest BCUT2D eigenvalue weighted by Gasteiger charge is -2.23. The molecule has 0 amide bonds. The fourth-order valence-corrected chi connectivity index (χ4v) is 2.18. The van der Waals surface area contributed by atoms with E-state index in [1.165, 1.54) is 6.07 Å². The van der Waals surface area contributed by atoms with Gasteiger partial charge in [0.1, 0.15) is 5.82 Å². The Bertz CT molecular complexity index is 367. The lowest BCUT2D eigenvalue weighted by atomic mass is 9.77. The van der Waals surface area contributed by atoms with Crippen molar-refractivity contribution in [2.75, 3.05) is 13.1 Å². The molecular weight excluding hydrogens is 208 g/mol. The van der Waals surface area contributed by atoms with E-state index in [1.54, 1.807) is 6.07 Å². The van der Waals surface area contributed by atoms with Gasteiger partial charge in [0, 0.05) is 0 Å². The molecule has 5 heteroatoms. The van der Waals surface area contributed by atoms with Gasteiger partial charge < -0.3 is 15.4 Å². The van der Waals surface area contributed by atoms with Crippen LogP contribution in [-0.2, 0) is 0 Å². The van der Waals surface area contributed by atoms with Crippen molar-refractivity contribution in [3.8, 4) is 0 Å². The average molecular weight is 223 g/mol. The zero-order chi connectivity index (χ0) is 11.5. The first-order valence-electron chi connectivity index (χ1n) is 5.54. The Morgan fingerprint density at radius 3 is 2.50 bits per heavy atom. The molecule has 0 atom stereocenters. The second-order valence-corrected chi connectivity index (χ2v) is 4.22. The minimum Gasteiger partial charge on any atom is -0.423 e. The van der Waals surface area contributed by atoms with E-state index in [4.69, 9.17) is 10.0 Å². The highest BCUT2D eigenvalue weighted by Gasteiger charge is 2.19. The fourth-order valence-electron chi connectivity index (χ4n) is 2.18. The van der Waals surface area contributed by atoms with Gasteiger partial charge in [0.05, 0.1) is 0 Å². The van der Waals surface area contributed by atoms with E-state index in [0.717, 1.165) is 37.6 Å². The van der Waals surface area contributed by atoms with Crippen molar-refractivity contribution in [1.29, 1.82) is 0 Å². The van der Waals surface area contributed by atoms with Crippen molar-refractivity contribution in [2.45, 2.75) is 18.8 Å². The summed E-state index contributed by atoms with van der Waals surface area (Å²) in [6.45, 7) is 1.86. The van der Waals surface area contributed by atoms with Crippen LogP contribution in [0.2, 0.25) is 0 Å².